The summed E-state index contributed by atoms with van der Waals surface area (Å²) in [5.74, 6) is 0. The minimum Gasteiger partial charge on any atom is -0.330 e. The van der Waals surface area contributed by atoms with Crippen LogP contribution in [0.1, 0.15) is 36.5 Å². The lowest BCUT2D eigenvalue weighted by Crippen LogP contribution is -2.12. The van der Waals surface area contributed by atoms with Crippen molar-refractivity contribution in [1.29, 1.82) is 0 Å². The molecule has 3 rings (SSSR count). The van der Waals surface area contributed by atoms with Crippen molar-refractivity contribution in [1.82, 2.24) is 0 Å². The van der Waals surface area contributed by atoms with E-state index in [4.69, 9.17) is 0 Å². The van der Waals surface area contributed by atoms with Gasteiger partial charge in [0.2, 0.25) is 0 Å². The molecule has 0 atom stereocenters. The van der Waals surface area contributed by atoms with Gasteiger partial charge in [0.05, 0.1) is 5.70 Å². The zero-order valence-corrected chi connectivity index (χ0v) is 12.6. The van der Waals surface area contributed by atoms with Crippen LogP contribution in [0.25, 0.3) is 5.70 Å². The van der Waals surface area contributed by atoms with Gasteiger partial charge in [-0.1, -0.05) is 56.3 Å². The third kappa shape index (κ3) is 2.66. The summed E-state index contributed by atoms with van der Waals surface area (Å²) < 4.78 is 0. The second-order valence-electron chi connectivity index (χ2n) is 5.54. The largest absolute Gasteiger partial charge is 0.330 e. The molecule has 0 amide bonds. The van der Waals surface area contributed by atoms with E-state index in [9.17, 15) is 0 Å². The fraction of sp³-hybridized carbons (Fsp3) is 0.250. The van der Waals surface area contributed by atoms with Crippen LogP contribution >= 0.6 is 0 Å². The lowest BCUT2D eigenvalue weighted by molar-refractivity contribution is 0.794. The molecule has 0 saturated carbocycles. The minimum absolute atomic E-state index is 0.914. The SMILES string of the molecule is C=C=C1c2ccc(CCCC)cc2CN1c1ccccc1. The Labute approximate surface area is 127 Å². The molecule has 2 aromatic carbocycles. The quantitative estimate of drug-likeness (QED) is 0.695. The summed E-state index contributed by atoms with van der Waals surface area (Å²) in [7, 11) is 0. The smallest absolute Gasteiger partial charge is 0.0918 e. The van der Waals surface area contributed by atoms with Crippen LogP contribution in [-0.4, -0.2) is 0 Å². The van der Waals surface area contributed by atoms with Crippen molar-refractivity contribution in [2.45, 2.75) is 32.7 Å². The number of rotatable bonds is 4. The van der Waals surface area contributed by atoms with Crippen molar-refractivity contribution in [3.63, 3.8) is 0 Å². The molecule has 0 aliphatic carbocycles. The summed E-state index contributed by atoms with van der Waals surface area (Å²) in [6.45, 7) is 7.04. The van der Waals surface area contributed by atoms with Gasteiger partial charge in [-0.25, -0.2) is 0 Å². The standard InChI is InChI=1S/C20H21N/c1-3-5-9-16-12-13-19-17(14-16)15-21(20(19)4-2)18-10-7-6-8-11-18/h6-8,10-14H,2-3,5,9,15H2,1H3. The van der Waals surface area contributed by atoms with Crippen LogP contribution in [0.4, 0.5) is 5.69 Å². The van der Waals surface area contributed by atoms with E-state index in [1.807, 2.05) is 6.07 Å². The summed E-state index contributed by atoms with van der Waals surface area (Å²) in [5, 5.41) is 0. The van der Waals surface area contributed by atoms with Crippen molar-refractivity contribution in [2.24, 2.45) is 0 Å². The molecule has 0 saturated heterocycles. The molecule has 0 fully saturated rings. The fourth-order valence-corrected chi connectivity index (χ4v) is 2.96. The molecule has 0 radical (unpaired) electrons. The number of hydrogen-bond acceptors (Lipinski definition) is 1. The maximum Gasteiger partial charge on any atom is 0.0918 e. The Bertz CT molecular complexity index is 678. The summed E-state index contributed by atoms with van der Waals surface area (Å²) in [6, 6.07) is 17.3. The first-order valence-electron chi connectivity index (χ1n) is 7.68. The monoisotopic (exact) mass is 275 g/mol. The van der Waals surface area contributed by atoms with E-state index >= 15 is 0 Å². The predicted molar refractivity (Wildman–Crippen MR) is 90.2 cm³/mol. The molecule has 2 aromatic rings. The average molecular weight is 275 g/mol. The predicted octanol–water partition coefficient (Wildman–Crippen LogP) is 5.18. The van der Waals surface area contributed by atoms with Gasteiger partial charge in [0.25, 0.3) is 0 Å². The zero-order valence-electron chi connectivity index (χ0n) is 12.6. The lowest BCUT2D eigenvalue weighted by atomic mass is 10.0. The molecule has 106 valence electrons. The number of hydrogen-bond donors (Lipinski definition) is 0. The molecule has 0 bridgehead atoms. The number of anilines is 1. The van der Waals surface area contributed by atoms with Gasteiger partial charge in [-0.15, -0.1) is 5.73 Å². The summed E-state index contributed by atoms with van der Waals surface area (Å²) in [6.07, 6.45) is 3.67. The Morgan fingerprint density at radius 3 is 2.67 bits per heavy atom. The average Bonchev–Trinajstić information content (AvgIpc) is 2.91. The molecule has 0 spiro atoms. The second kappa shape index (κ2) is 6.03. The molecular weight excluding hydrogens is 254 g/mol. The first-order valence-corrected chi connectivity index (χ1v) is 7.68. The van der Waals surface area contributed by atoms with E-state index in [-0.39, 0.29) is 0 Å². The Hall–Kier alpha value is -2.24. The normalized spacial score (nSPS) is 13.2. The van der Waals surface area contributed by atoms with Crippen molar-refractivity contribution in [2.75, 3.05) is 4.90 Å². The summed E-state index contributed by atoms with van der Waals surface area (Å²) in [4.78, 5) is 2.29. The van der Waals surface area contributed by atoms with Gasteiger partial charge < -0.3 is 4.90 Å². The van der Waals surface area contributed by atoms with Crippen LogP contribution < -0.4 is 4.90 Å². The molecule has 1 aliphatic rings. The van der Waals surface area contributed by atoms with Crippen molar-refractivity contribution >= 4 is 11.4 Å². The number of para-hydroxylation sites is 1. The topological polar surface area (TPSA) is 3.24 Å². The summed E-state index contributed by atoms with van der Waals surface area (Å²) in [5.41, 5.74) is 9.52. The first kappa shape index (κ1) is 13.7. The van der Waals surface area contributed by atoms with Crippen molar-refractivity contribution in [3.05, 3.63) is 77.5 Å². The number of benzene rings is 2. The van der Waals surface area contributed by atoms with E-state index in [1.54, 1.807) is 0 Å². The van der Waals surface area contributed by atoms with Crippen LogP contribution in [0.2, 0.25) is 0 Å². The number of unbranched alkanes of at least 4 members (excludes halogenated alkanes) is 1. The Morgan fingerprint density at radius 1 is 1.14 bits per heavy atom. The highest BCUT2D eigenvalue weighted by Crippen LogP contribution is 2.36. The van der Waals surface area contributed by atoms with Gasteiger partial charge in [0.1, 0.15) is 0 Å². The van der Waals surface area contributed by atoms with Crippen LogP contribution in [-0.2, 0) is 13.0 Å². The van der Waals surface area contributed by atoms with Crippen molar-refractivity contribution in [3.8, 4) is 0 Å². The molecule has 1 heterocycles. The van der Waals surface area contributed by atoms with Crippen LogP contribution in [0.5, 0.6) is 0 Å². The molecular formula is C20H21N. The van der Waals surface area contributed by atoms with Crippen LogP contribution in [0.15, 0.2) is 60.8 Å². The third-order valence-electron chi connectivity index (χ3n) is 4.08. The number of nitrogens with zero attached hydrogens (tertiary/aromatic N) is 1. The van der Waals surface area contributed by atoms with Gasteiger partial charge in [-0.05, 0) is 36.1 Å². The van der Waals surface area contributed by atoms with Crippen LogP contribution in [0.3, 0.4) is 0 Å². The van der Waals surface area contributed by atoms with Gasteiger partial charge in [0, 0.05) is 17.8 Å². The van der Waals surface area contributed by atoms with Gasteiger partial charge in [-0.2, -0.15) is 0 Å². The second-order valence-corrected chi connectivity index (χ2v) is 5.54. The number of fused-ring (bicyclic) bond motifs is 1. The minimum atomic E-state index is 0.914. The van der Waals surface area contributed by atoms with Gasteiger partial charge >= 0.3 is 0 Å². The Kier molecular flexibility index (Phi) is 3.94. The molecule has 0 N–H and O–H groups in total. The molecule has 1 aliphatic heterocycles. The molecule has 0 aromatic heterocycles. The van der Waals surface area contributed by atoms with E-state index in [0.29, 0.717) is 0 Å². The third-order valence-corrected chi connectivity index (χ3v) is 4.08. The highest BCUT2D eigenvalue weighted by atomic mass is 15.2. The van der Waals surface area contributed by atoms with E-state index in [1.165, 1.54) is 41.6 Å². The molecule has 1 heteroatoms. The van der Waals surface area contributed by atoms with E-state index < -0.39 is 0 Å². The van der Waals surface area contributed by atoms with E-state index in [2.05, 4.69) is 66.6 Å². The zero-order chi connectivity index (χ0) is 14.7. The first-order chi connectivity index (χ1) is 10.3. The van der Waals surface area contributed by atoms with E-state index in [0.717, 1.165) is 12.2 Å². The summed E-state index contributed by atoms with van der Waals surface area (Å²) >= 11 is 0. The Balaban J connectivity index is 1.94. The molecule has 21 heavy (non-hydrogen) atoms. The van der Waals surface area contributed by atoms with Crippen LogP contribution in [0, 0.1) is 0 Å². The maximum absolute atomic E-state index is 3.89. The molecule has 1 nitrogen and oxygen atoms in total. The fourth-order valence-electron chi connectivity index (χ4n) is 2.96. The Morgan fingerprint density at radius 2 is 1.95 bits per heavy atom. The highest BCUT2D eigenvalue weighted by molar-refractivity contribution is 5.84. The maximum atomic E-state index is 3.89. The highest BCUT2D eigenvalue weighted by Gasteiger charge is 2.24. The molecule has 0 unspecified atom stereocenters. The van der Waals surface area contributed by atoms with Gasteiger partial charge in [-0.3, -0.25) is 0 Å². The lowest BCUT2D eigenvalue weighted by Gasteiger charge is -2.18. The van der Waals surface area contributed by atoms with Crippen molar-refractivity contribution < 1.29 is 0 Å². The number of aryl methyl sites for hydroxylation is 1. The van der Waals surface area contributed by atoms with Gasteiger partial charge in [0.15, 0.2) is 0 Å².